The van der Waals surface area contributed by atoms with E-state index in [1.165, 1.54) is 12.1 Å². The Hall–Kier alpha value is -2.74. The maximum absolute atomic E-state index is 13.0. The summed E-state index contributed by atoms with van der Waals surface area (Å²) in [6.07, 6.45) is 0. The Balaban J connectivity index is 2.36. The third-order valence-electron chi connectivity index (χ3n) is 3.16. The molecule has 0 spiro atoms. The largest absolute Gasteiger partial charge is 0.217 e. The molecule has 3 rings (SSSR count). The summed E-state index contributed by atoms with van der Waals surface area (Å²) in [7, 11) is 0. The van der Waals surface area contributed by atoms with Crippen molar-refractivity contribution in [3.63, 3.8) is 0 Å². The first-order chi connectivity index (χ1) is 9.60. The minimum absolute atomic E-state index is 0.302. The van der Waals surface area contributed by atoms with Crippen LogP contribution in [0.4, 0.5) is 4.39 Å². The number of halogens is 1. The number of nitrogens with zero attached hydrogens (tertiary/aromatic N) is 4. The molecule has 20 heavy (non-hydrogen) atoms. The van der Waals surface area contributed by atoms with Gasteiger partial charge in [-0.1, -0.05) is 12.1 Å². The van der Waals surface area contributed by atoms with Gasteiger partial charge in [-0.2, -0.15) is 10.4 Å². The van der Waals surface area contributed by atoms with Crippen molar-refractivity contribution in [2.45, 2.75) is 13.8 Å². The molecule has 0 atom stereocenters. The van der Waals surface area contributed by atoms with E-state index in [0.717, 1.165) is 16.8 Å². The van der Waals surface area contributed by atoms with E-state index < -0.39 is 0 Å². The maximum Gasteiger partial charge on any atom is 0.174 e. The van der Waals surface area contributed by atoms with Gasteiger partial charge in [-0.05, 0) is 37.6 Å². The highest BCUT2D eigenvalue weighted by atomic mass is 19.1. The Morgan fingerprint density at radius 1 is 1.20 bits per heavy atom. The molecule has 0 aliphatic heterocycles. The lowest BCUT2D eigenvalue weighted by molar-refractivity contribution is 0.628. The van der Waals surface area contributed by atoms with Crippen molar-refractivity contribution in [3.8, 4) is 17.2 Å². The summed E-state index contributed by atoms with van der Waals surface area (Å²) in [6.45, 7) is 3.68. The molecule has 2 heterocycles. The number of rotatable bonds is 1. The number of benzene rings is 1. The number of nitriles is 1. The average molecular weight is 266 g/mol. The number of aromatic nitrogens is 3. The van der Waals surface area contributed by atoms with Crippen molar-refractivity contribution in [2.75, 3.05) is 0 Å². The van der Waals surface area contributed by atoms with Gasteiger partial charge >= 0.3 is 0 Å². The van der Waals surface area contributed by atoms with Crippen LogP contribution in [0, 0.1) is 31.0 Å². The molecular formula is C15H11FN4. The lowest BCUT2D eigenvalue weighted by Crippen LogP contribution is -1.99. The fraction of sp³-hybridized carbons (Fsp3) is 0.133. The molecule has 0 aliphatic rings. The monoisotopic (exact) mass is 266 g/mol. The predicted molar refractivity (Wildman–Crippen MR) is 72.6 cm³/mol. The second kappa shape index (κ2) is 4.42. The second-order valence-electron chi connectivity index (χ2n) is 4.59. The molecule has 5 heteroatoms. The number of aryl methyl sites for hydroxylation is 2. The lowest BCUT2D eigenvalue weighted by atomic mass is 10.0. The van der Waals surface area contributed by atoms with Gasteiger partial charge in [0.2, 0.25) is 0 Å². The third kappa shape index (κ3) is 1.82. The molecule has 0 unspecified atom stereocenters. The van der Waals surface area contributed by atoms with Crippen molar-refractivity contribution in [1.29, 1.82) is 5.26 Å². The van der Waals surface area contributed by atoms with Gasteiger partial charge in [-0.15, -0.1) is 0 Å². The highest BCUT2D eigenvalue weighted by molar-refractivity contribution is 5.77. The summed E-state index contributed by atoms with van der Waals surface area (Å²) in [6, 6.07) is 10.1. The summed E-state index contributed by atoms with van der Waals surface area (Å²) in [5, 5.41) is 13.7. The van der Waals surface area contributed by atoms with Crippen LogP contribution >= 0.6 is 0 Å². The number of pyridine rings is 1. The van der Waals surface area contributed by atoms with Crippen LogP contribution in [0.1, 0.15) is 17.1 Å². The van der Waals surface area contributed by atoms with Crippen molar-refractivity contribution in [2.24, 2.45) is 0 Å². The van der Waals surface area contributed by atoms with Crippen LogP contribution in [0.3, 0.4) is 0 Å². The highest BCUT2D eigenvalue weighted by Crippen LogP contribution is 2.27. The standard InChI is InChI=1S/C15H11FN4/c1-9-7-13(11-3-5-12(16)6-4-11)14(8-17)15-18-10(2)19-20(9)15/h3-7H,1-2H3. The van der Waals surface area contributed by atoms with Crippen LogP contribution in [-0.2, 0) is 0 Å². The first kappa shape index (κ1) is 12.3. The van der Waals surface area contributed by atoms with Crippen LogP contribution < -0.4 is 0 Å². The Kier molecular flexibility index (Phi) is 2.72. The minimum Gasteiger partial charge on any atom is -0.217 e. The van der Waals surface area contributed by atoms with E-state index in [1.807, 2.05) is 13.0 Å². The summed E-state index contributed by atoms with van der Waals surface area (Å²) in [4.78, 5) is 4.30. The Bertz CT molecular complexity index is 841. The molecule has 0 fully saturated rings. The SMILES string of the molecule is Cc1nc2c(C#N)c(-c3ccc(F)cc3)cc(C)n2n1. The fourth-order valence-electron chi connectivity index (χ4n) is 2.25. The molecule has 0 saturated carbocycles. The van der Waals surface area contributed by atoms with Gasteiger partial charge in [-0.25, -0.2) is 13.9 Å². The molecule has 3 aromatic rings. The van der Waals surface area contributed by atoms with Crippen LogP contribution in [-0.4, -0.2) is 14.6 Å². The molecule has 98 valence electrons. The second-order valence-corrected chi connectivity index (χ2v) is 4.59. The fourth-order valence-corrected chi connectivity index (χ4v) is 2.25. The summed E-state index contributed by atoms with van der Waals surface area (Å²) in [5.74, 6) is 0.309. The Morgan fingerprint density at radius 2 is 1.90 bits per heavy atom. The van der Waals surface area contributed by atoms with Crippen molar-refractivity contribution < 1.29 is 4.39 Å². The van der Waals surface area contributed by atoms with Gasteiger partial charge in [-0.3, -0.25) is 0 Å². The quantitative estimate of drug-likeness (QED) is 0.680. The summed E-state index contributed by atoms with van der Waals surface area (Å²) >= 11 is 0. The van der Waals surface area contributed by atoms with E-state index in [-0.39, 0.29) is 5.82 Å². The zero-order chi connectivity index (χ0) is 14.3. The van der Waals surface area contributed by atoms with E-state index in [2.05, 4.69) is 16.2 Å². The Labute approximate surface area is 115 Å². The van der Waals surface area contributed by atoms with Gasteiger partial charge in [0.05, 0.1) is 0 Å². The molecule has 0 bridgehead atoms. The third-order valence-corrected chi connectivity index (χ3v) is 3.16. The molecule has 2 aromatic heterocycles. The molecule has 1 aromatic carbocycles. The zero-order valence-electron chi connectivity index (χ0n) is 11.1. The van der Waals surface area contributed by atoms with Gasteiger partial charge in [0.1, 0.15) is 23.3 Å². The van der Waals surface area contributed by atoms with Crippen LogP contribution in [0.2, 0.25) is 0 Å². The van der Waals surface area contributed by atoms with E-state index in [9.17, 15) is 9.65 Å². The van der Waals surface area contributed by atoms with Crippen molar-refractivity contribution >= 4 is 5.65 Å². The minimum atomic E-state index is -0.302. The first-order valence-corrected chi connectivity index (χ1v) is 6.13. The summed E-state index contributed by atoms with van der Waals surface area (Å²) in [5.41, 5.74) is 3.38. The van der Waals surface area contributed by atoms with E-state index >= 15 is 0 Å². The molecular weight excluding hydrogens is 255 g/mol. The smallest absolute Gasteiger partial charge is 0.174 e. The van der Waals surface area contributed by atoms with Crippen LogP contribution in [0.25, 0.3) is 16.8 Å². The topological polar surface area (TPSA) is 54.0 Å². The van der Waals surface area contributed by atoms with Gasteiger partial charge in [0.25, 0.3) is 0 Å². The molecule has 0 amide bonds. The van der Waals surface area contributed by atoms with Crippen LogP contribution in [0.15, 0.2) is 30.3 Å². The zero-order valence-corrected chi connectivity index (χ0v) is 11.1. The van der Waals surface area contributed by atoms with E-state index in [1.54, 1.807) is 23.6 Å². The molecule has 0 saturated heterocycles. The number of fused-ring (bicyclic) bond motifs is 1. The molecule has 0 radical (unpaired) electrons. The molecule has 0 N–H and O–H groups in total. The lowest BCUT2D eigenvalue weighted by Gasteiger charge is -2.08. The maximum atomic E-state index is 13.0. The number of hydrogen-bond donors (Lipinski definition) is 0. The molecule has 0 aliphatic carbocycles. The van der Waals surface area contributed by atoms with Crippen LogP contribution in [0.5, 0.6) is 0 Å². The van der Waals surface area contributed by atoms with Crippen molar-refractivity contribution in [3.05, 3.63) is 53.2 Å². The molecule has 4 nitrogen and oxygen atoms in total. The Morgan fingerprint density at radius 3 is 2.55 bits per heavy atom. The van der Waals surface area contributed by atoms with E-state index in [0.29, 0.717) is 17.0 Å². The van der Waals surface area contributed by atoms with Gasteiger partial charge in [0.15, 0.2) is 5.65 Å². The highest BCUT2D eigenvalue weighted by Gasteiger charge is 2.15. The van der Waals surface area contributed by atoms with Gasteiger partial charge < -0.3 is 0 Å². The normalized spacial score (nSPS) is 10.7. The summed E-state index contributed by atoms with van der Waals surface area (Å²) < 4.78 is 14.7. The first-order valence-electron chi connectivity index (χ1n) is 6.13. The average Bonchev–Trinajstić information content (AvgIpc) is 2.82. The predicted octanol–water partition coefficient (Wildman–Crippen LogP) is 3.02. The number of hydrogen-bond acceptors (Lipinski definition) is 3. The van der Waals surface area contributed by atoms with Gasteiger partial charge in [0, 0.05) is 11.3 Å². The van der Waals surface area contributed by atoms with E-state index in [4.69, 9.17) is 0 Å². The van der Waals surface area contributed by atoms with Crippen molar-refractivity contribution in [1.82, 2.24) is 14.6 Å².